The molecule has 2 unspecified atom stereocenters. The lowest BCUT2D eigenvalue weighted by Gasteiger charge is -2.24. The molecule has 2 saturated heterocycles. The minimum atomic E-state index is -0.338. The van der Waals surface area contributed by atoms with Crippen molar-refractivity contribution < 1.29 is 14.0 Å². The molecule has 35 heavy (non-hydrogen) atoms. The predicted molar refractivity (Wildman–Crippen MR) is 136 cm³/mol. The Balaban J connectivity index is 1.12. The summed E-state index contributed by atoms with van der Waals surface area (Å²) >= 11 is 0. The Bertz CT molecular complexity index is 1080. The van der Waals surface area contributed by atoms with Crippen LogP contribution in [0, 0.1) is 23.6 Å². The third kappa shape index (κ3) is 5.20. The van der Waals surface area contributed by atoms with E-state index >= 15 is 0 Å². The van der Waals surface area contributed by atoms with Gasteiger partial charge in [-0.3, -0.25) is 14.5 Å². The number of anilines is 2. The van der Waals surface area contributed by atoms with E-state index in [2.05, 4.69) is 41.4 Å². The molecule has 7 heteroatoms. The van der Waals surface area contributed by atoms with E-state index < -0.39 is 0 Å². The molecule has 1 N–H and O–H groups in total. The van der Waals surface area contributed by atoms with Crippen molar-refractivity contribution >= 4 is 23.2 Å². The first-order chi connectivity index (χ1) is 16.9. The van der Waals surface area contributed by atoms with Crippen LogP contribution in [0.25, 0.3) is 0 Å². The fourth-order valence-electron chi connectivity index (χ4n) is 5.81. The number of carbonyl (C=O) groups excluding carboxylic acids is 2. The molecule has 2 aliphatic heterocycles. The molecule has 1 saturated carbocycles. The van der Waals surface area contributed by atoms with Gasteiger partial charge in [0.2, 0.25) is 11.8 Å². The van der Waals surface area contributed by atoms with Crippen LogP contribution in [0.1, 0.15) is 31.4 Å². The van der Waals surface area contributed by atoms with Crippen molar-refractivity contribution in [2.75, 3.05) is 49.5 Å². The molecule has 186 valence electrons. The van der Waals surface area contributed by atoms with Crippen LogP contribution >= 0.6 is 0 Å². The molecule has 5 rings (SSSR count). The molecular weight excluding hydrogens is 443 g/mol. The molecular formula is C28H35FN4O2. The van der Waals surface area contributed by atoms with E-state index in [0.29, 0.717) is 49.4 Å². The third-order valence-corrected chi connectivity index (χ3v) is 7.91. The summed E-state index contributed by atoms with van der Waals surface area (Å²) in [5.41, 5.74) is 3.71. The van der Waals surface area contributed by atoms with Gasteiger partial charge in [-0.05, 0) is 54.0 Å². The number of aryl methyl sites for hydroxylation is 1. The summed E-state index contributed by atoms with van der Waals surface area (Å²) in [6, 6.07) is 13.8. The largest absolute Gasteiger partial charge is 0.367 e. The van der Waals surface area contributed by atoms with Gasteiger partial charge in [-0.15, -0.1) is 0 Å². The monoisotopic (exact) mass is 478 g/mol. The van der Waals surface area contributed by atoms with Crippen LogP contribution in [-0.2, 0) is 22.6 Å². The number of piperidine rings is 1. The number of amides is 2. The van der Waals surface area contributed by atoms with E-state index in [1.54, 1.807) is 19.1 Å². The zero-order chi connectivity index (χ0) is 24.5. The lowest BCUT2D eigenvalue weighted by atomic mass is 10.1. The number of hydrogen-bond acceptors (Lipinski definition) is 4. The second-order valence-corrected chi connectivity index (χ2v) is 10.2. The number of fused-ring (bicyclic) bond motifs is 1. The highest BCUT2D eigenvalue weighted by molar-refractivity contribution is 5.95. The molecule has 0 bridgehead atoms. The van der Waals surface area contributed by atoms with Gasteiger partial charge in [0.1, 0.15) is 5.82 Å². The molecule has 0 aromatic heterocycles. The van der Waals surface area contributed by atoms with Crippen molar-refractivity contribution in [1.82, 2.24) is 9.80 Å². The topological polar surface area (TPSA) is 55.9 Å². The van der Waals surface area contributed by atoms with Crippen LogP contribution < -0.4 is 10.2 Å². The van der Waals surface area contributed by atoms with E-state index in [1.807, 2.05) is 9.80 Å². The van der Waals surface area contributed by atoms with Crippen LogP contribution in [0.4, 0.5) is 15.8 Å². The summed E-state index contributed by atoms with van der Waals surface area (Å²) in [6.45, 7) is 9.16. The summed E-state index contributed by atoms with van der Waals surface area (Å²) in [7, 11) is 0. The summed E-state index contributed by atoms with van der Waals surface area (Å²) in [5, 5.41) is 2.95. The summed E-state index contributed by atoms with van der Waals surface area (Å²) < 4.78 is 14.9. The number of halogens is 1. The van der Waals surface area contributed by atoms with Crippen LogP contribution in [0.15, 0.2) is 42.5 Å². The molecule has 2 atom stereocenters. The van der Waals surface area contributed by atoms with E-state index in [4.69, 9.17) is 0 Å². The molecule has 0 spiro atoms. The van der Waals surface area contributed by atoms with E-state index in [0.717, 1.165) is 32.5 Å². The van der Waals surface area contributed by atoms with Crippen molar-refractivity contribution in [3.05, 3.63) is 59.4 Å². The van der Waals surface area contributed by atoms with Crippen molar-refractivity contribution in [3.8, 4) is 0 Å². The Morgan fingerprint density at radius 1 is 0.971 bits per heavy atom. The normalized spacial score (nSPS) is 24.1. The second kappa shape index (κ2) is 9.97. The molecule has 2 aromatic carbocycles. The molecule has 2 heterocycles. The van der Waals surface area contributed by atoms with Gasteiger partial charge in [0, 0.05) is 64.3 Å². The minimum absolute atomic E-state index is 0.00553. The summed E-state index contributed by atoms with van der Waals surface area (Å²) in [4.78, 5) is 30.7. The zero-order valence-electron chi connectivity index (χ0n) is 20.7. The molecule has 3 fully saturated rings. The Morgan fingerprint density at radius 3 is 2.34 bits per heavy atom. The smallest absolute Gasteiger partial charge is 0.228 e. The van der Waals surface area contributed by atoms with Gasteiger partial charge in [0.15, 0.2) is 0 Å². The molecule has 1 aliphatic carbocycles. The number of hydrogen-bond donors (Lipinski definition) is 1. The van der Waals surface area contributed by atoms with Crippen LogP contribution in [0.2, 0.25) is 0 Å². The second-order valence-electron chi connectivity index (χ2n) is 10.2. The van der Waals surface area contributed by atoms with Crippen molar-refractivity contribution in [2.24, 2.45) is 17.8 Å². The standard InChI is InChI=1S/C28H35FN4O2/c1-3-20-5-7-21(8-6-20)16-31-17-23-24(18-31)27(23)28(35)30-22-9-10-26(25(29)15-22)33-12-4-11-32(13-14-33)19(2)34/h5-10,15,23-24,27H,3-4,11-14,16-18H2,1-2H3,(H,30,35). The van der Waals surface area contributed by atoms with Crippen molar-refractivity contribution in [3.63, 3.8) is 0 Å². The highest BCUT2D eigenvalue weighted by Crippen LogP contribution is 2.52. The molecule has 2 aromatic rings. The first-order valence-electron chi connectivity index (χ1n) is 12.8. The third-order valence-electron chi connectivity index (χ3n) is 7.91. The molecule has 3 aliphatic rings. The van der Waals surface area contributed by atoms with Gasteiger partial charge in [-0.25, -0.2) is 4.39 Å². The molecule has 6 nitrogen and oxygen atoms in total. The Morgan fingerprint density at radius 2 is 1.69 bits per heavy atom. The first kappa shape index (κ1) is 23.8. The van der Waals surface area contributed by atoms with Crippen molar-refractivity contribution in [2.45, 2.75) is 33.2 Å². The van der Waals surface area contributed by atoms with Crippen LogP contribution in [0.5, 0.6) is 0 Å². The maximum absolute atomic E-state index is 14.9. The number of benzene rings is 2. The predicted octanol–water partition coefficient (Wildman–Crippen LogP) is 3.76. The lowest BCUT2D eigenvalue weighted by molar-refractivity contribution is -0.128. The Labute approximate surface area is 207 Å². The van der Waals surface area contributed by atoms with Gasteiger partial charge < -0.3 is 15.1 Å². The summed E-state index contributed by atoms with van der Waals surface area (Å²) in [6.07, 6.45) is 1.86. The Kier molecular flexibility index (Phi) is 6.78. The highest BCUT2D eigenvalue weighted by atomic mass is 19.1. The zero-order valence-corrected chi connectivity index (χ0v) is 20.7. The quantitative estimate of drug-likeness (QED) is 0.687. The minimum Gasteiger partial charge on any atom is -0.367 e. The van der Waals surface area contributed by atoms with Gasteiger partial charge >= 0.3 is 0 Å². The van der Waals surface area contributed by atoms with Crippen LogP contribution in [-0.4, -0.2) is 60.9 Å². The number of nitrogens with one attached hydrogen (secondary N) is 1. The maximum Gasteiger partial charge on any atom is 0.228 e. The number of rotatable bonds is 6. The van der Waals surface area contributed by atoms with E-state index in [1.165, 1.54) is 17.2 Å². The van der Waals surface area contributed by atoms with E-state index in [-0.39, 0.29) is 23.5 Å². The van der Waals surface area contributed by atoms with E-state index in [9.17, 15) is 14.0 Å². The Hall–Kier alpha value is -2.93. The van der Waals surface area contributed by atoms with Gasteiger partial charge in [-0.1, -0.05) is 31.2 Å². The van der Waals surface area contributed by atoms with Crippen LogP contribution in [0.3, 0.4) is 0 Å². The molecule has 0 radical (unpaired) electrons. The fraction of sp³-hybridized carbons (Fsp3) is 0.500. The summed E-state index contributed by atoms with van der Waals surface area (Å²) in [5.74, 6) is 0.551. The SMILES string of the molecule is CCc1ccc(CN2CC3C(C2)C3C(=O)Nc2ccc(N3CCCN(C(C)=O)CC3)c(F)c2)cc1. The van der Waals surface area contributed by atoms with Gasteiger partial charge in [0.05, 0.1) is 5.69 Å². The maximum atomic E-state index is 14.9. The fourth-order valence-corrected chi connectivity index (χ4v) is 5.81. The highest BCUT2D eigenvalue weighted by Gasteiger charge is 2.59. The lowest BCUT2D eigenvalue weighted by Crippen LogP contribution is -2.33. The number of nitrogens with zero attached hydrogens (tertiary/aromatic N) is 3. The molecule has 2 amide bonds. The van der Waals surface area contributed by atoms with Gasteiger partial charge in [-0.2, -0.15) is 0 Å². The van der Waals surface area contributed by atoms with Gasteiger partial charge in [0.25, 0.3) is 0 Å². The average molecular weight is 479 g/mol. The average Bonchev–Trinajstić information content (AvgIpc) is 3.46. The van der Waals surface area contributed by atoms with Crippen molar-refractivity contribution in [1.29, 1.82) is 0 Å². The first-order valence-corrected chi connectivity index (χ1v) is 12.8. The number of likely N-dealkylation sites (tertiary alicyclic amines) is 1. The number of carbonyl (C=O) groups is 2.